The Balaban J connectivity index is 3.00. The van der Waals surface area contributed by atoms with E-state index in [1.165, 1.54) is 24.3 Å². The first kappa shape index (κ1) is 17.7. The normalized spacial score (nSPS) is 14.2. The minimum atomic E-state index is -4.79. The van der Waals surface area contributed by atoms with Crippen LogP contribution in [-0.2, 0) is 14.3 Å². The Morgan fingerprint density at radius 1 is 1.25 bits per heavy atom. The summed E-state index contributed by atoms with van der Waals surface area (Å²) >= 11 is 1.95. The molecule has 0 fully saturated rings. The molecule has 0 aliphatic heterocycles. The molecule has 0 N–H and O–H groups in total. The molecule has 0 amide bonds. The third-order valence-corrected chi connectivity index (χ3v) is 4.49. The average Bonchev–Trinajstić information content (AvgIpc) is 2.34. The van der Waals surface area contributed by atoms with Crippen molar-refractivity contribution in [3.63, 3.8) is 0 Å². The Kier molecular flexibility index (Phi) is 6.26. The largest absolute Gasteiger partial charge is 0.420 e. The van der Waals surface area contributed by atoms with E-state index in [9.17, 15) is 21.6 Å². The van der Waals surface area contributed by atoms with Gasteiger partial charge in [0.15, 0.2) is 6.10 Å². The lowest BCUT2D eigenvalue weighted by molar-refractivity contribution is -0.196. The van der Waals surface area contributed by atoms with Crippen LogP contribution in [0.5, 0.6) is 0 Å². The minimum absolute atomic E-state index is 0.221. The van der Waals surface area contributed by atoms with E-state index in [4.69, 9.17) is 0 Å². The van der Waals surface area contributed by atoms with Gasteiger partial charge in [0.1, 0.15) is 0 Å². The molecule has 1 atom stereocenters. The molecular weight excluding hydrogens is 408 g/mol. The molecule has 114 valence electrons. The van der Waals surface area contributed by atoms with E-state index in [0.717, 1.165) is 5.56 Å². The predicted octanol–water partition coefficient (Wildman–Crippen LogP) is 3.77. The van der Waals surface area contributed by atoms with E-state index in [2.05, 4.69) is 4.18 Å². The average molecular weight is 422 g/mol. The van der Waals surface area contributed by atoms with Gasteiger partial charge in [0.2, 0.25) is 0 Å². The van der Waals surface area contributed by atoms with Gasteiger partial charge in [-0.3, -0.25) is 4.18 Å². The molecule has 20 heavy (non-hydrogen) atoms. The van der Waals surface area contributed by atoms with Crippen LogP contribution in [0.15, 0.2) is 24.3 Å². The van der Waals surface area contributed by atoms with Crippen LogP contribution in [0.3, 0.4) is 0 Å². The molecular formula is C12H14F3IO3S. The summed E-state index contributed by atoms with van der Waals surface area (Å²) in [4.78, 5) is 0. The number of alkyl halides is 4. The molecule has 0 saturated carbocycles. The van der Waals surface area contributed by atoms with Gasteiger partial charge in [-0.25, -0.2) is 0 Å². The number of hydrogen-bond acceptors (Lipinski definition) is 3. The molecule has 0 spiro atoms. The maximum absolute atomic E-state index is 13.0. The second-order valence-corrected chi connectivity index (χ2v) is 7.03. The minimum Gasteiger partial charge on any atom is -0.252 e. The summed E-state index contributed by atoms with van der Waals surface area (Å²) in [5.74, 6) is -0.422. The first-order valence-electron chi connectivity index (χ1n) is 5.76. The zero-order valence-electron chi connectivity index (χ0n) is 10.7. The first-order chi connectivity index (χ1) is 9.15. The predicted molar refractivity (Wildman–Crippen MR) is 78.4 cm³/mol. The third kappa shape index (κ3) is 5.57. The second-order valence-electron chi connectivity index (χ2n) is 4.23. The summed E-state index contributed by atoms with van der Waals surface area (Å²) in [6.07, 6.45) is -6.99. The van der Waals surface area contributed by atoms with Crippen molar-refractivity contribution in [2.24, 2.45) is 0 Å². The van der Waals surface area contributed by atoms with Gasteiger partial charge in [-0.2, -0.15) is 21.6 Å². The highest BCUT2D eigenvalue weighted by Crippen LogP contribution is 2.37. The maximum Gasteiger partial charge on any atom is 0.420 e. The molecule has 0 bridgehead atoms. The molecule has 1 aromatic rings. The number of hydrogen-bond donors (Lipinski definition) is 0. The van der Waals surface area contributed by atoms with Crippen LogP contribution < -0.4 is 0 Å². The van der Waals surface area contributed by atoms with Gasteiger partial charge in [-0.15, -0.1) is 0 Å². The molecule has 1 aromatic carbocycles. The number of aryl methyl sites for hydroxylation is 1. The highest BCUT2D eigenvalue weighted by atomic mass is 127. The monoisotopic (exact) mass is 422 g/mol. The SMILES string of the molecule is Cc1ccc([C@@H](OS(=O)(=O)CCCI)C(F)(F)F)cc1. The van der Waals surface area contributed by atoms with Crippen LogP contribution in [0, 0.1) is 6.92 Å². The van der Waals surface area contributed by atoms with Gasteiger partial charge < -0.3 is 0 Å². The Bertz CT molecular complexity index is 526. The van der Waals surface area contributed by atoms with E-state index in [-0.39, 0.29) is 12.0 Å². The van der Waals surface area contributed by atoms with Crippen molar-refractivity contribution in [3.05, 3.63) is 35.4 Å². The topological polar surface area (TPSA) is 43.4 Å². The van der Waals surface area contributed by atoms with Crippen molar-refractivity contribution in [2.45, 2.75) is 25.6 Å². The molecule has 0 unspecified atom stereocenters. The van der Waals surface area contributed by atoms with Crippen molar-refractivity contribution < 1.29 is 25.8 Å². The Labute approximate surface area is 129 Å². The van der Waals surface area contributed by atoms with Gasteiger partial charge in [0, 0.05) is 4.43 Å². The van der Waals surface area contributed by atoms with Gasteiger partial charge in [-0.05, 0) is 18.9 Å². The fourth-order valence-corrected chi connectivity index (χ4v) is 3.47. The second kappa shape index (κ2) is 7.08. The smallest absolute Gasteiger partial charge is 0.252 e. The van der Waals surface area contributed by atoms with Crippen LogP contribution in [0.1, 0.15) is 23.7 Å². The Hall–Kier alpha value is -0.350. The molecule has 0 heterocycles. The van der Waals surface area contributed by atoms with Crippen molar-refractivity contribution in [1.82, 2.24) is 0 Å². The zero-order valence-corrected chi connectivity index (χ0v) is 13.6. The fourth-order valence-electron chi connectivity index (χ4n) is 1.47. The number of halogens is 4. The lowest BCUT2D eigenvalue weighted by Crippen LogP contribution is -2.27. The molecule has 0 aliphatic rings. The fraction of sp³-hybridized carbons (Fsp3) is 0.500. The summed E-state index contributed by atoms with van der Waals surface area (Å²) in [7, 11) is -4.21. The van der Waals surface area contributed by atoms with Crippen molar-refractivity contribution >= 4 is 32.7 Å². The van der Waals surface area contributed by atoms with E-state index in [0.29, 0.717) is 4.43 Å². The Morgan fingerprint density at radius 3 is 2.25 bits per heavy atom. The summed E-state index contributed by atoms with van der Waals surface area (Å²) in [5.41, 5.74) is 0.559. The van der Waals surface area contributed by atoms with Crippen LogP contribution in [0.2, 0.25) is 0 Å². The van der Waals surface area contributed by atoms with Gasteiger partial charge in [-0.1, -0.05) is 52.4 Å². The number of rotatable bonds is 6. The van der Waals surface area contributed by atoms with Gasteiger partial charge in [0.05, 0.1) is 5.75 Å². The van der Waals surface area contributed by atoms with Crippen LogP contribution in [0.25, 0.3) is 0 Å². The first-order valence-corrected chi connectivity index (χ1v) is 8.86. The summed E-state index contributed by atoms with van der Waals surface area (Å²) in [6, 6.07) is 5.41. The molecule has 1 rings (SSSR count). The lowest BCUT2D eigenvalue weighted by atomic mass is 10.1. The molecule has 0 aromatic heterocycles. The summed E-state index contributed by atoms with van der Waals surface area (Å²) < 4.78 is 66.9. The molecule has 3 nitrogen and oxygen atoms in total. The molecule has 0 aliphatic carbocycles. The summed E-state index contributed by atoms with van der Waals surface area (Å²) in [5, 5.41) is 0. The Morgan fingerprint density at radius 2 is 1.80 bits per heavy atom. The van der Waals surface area contributed by atoms with E-state index in [1.807, 2.05) is 22.6 Å². The standard InChI is InChI=1S/C12H14F3IO3S/c1-9-3-5-10(6-4-9)11(12(13,14)15)19-20(17,18)8-2-7-16/h3-6,11H,2,7-8H2,1H3/t11-/m1/s1. The van der Waals surface area contributed by atoms with Crippen LogP contribution >= 0.6 is 22.6 Å². The van der Waals surface area contributed by atoms with E-state index in [1.54, 1.807) is 6.92 Å². The molecule has 0 radical (unpaired) electrons. The third-order valence-electron chi connectivity index (χ3n) is 2.45. The maximum atomic E-state index is 13.0. The molecule has 0 saturated heterocycles. The van der Waals surface area contributed by atoms with Gasteiger partial charge in [0.25, 0.3) is 10.1 Å². The van der Waals surface area contributed by atoms with Crippen molar-refractivity contribution in [1.29, 1.82) is 0 Å². The van der Waals surface area contributed by atoms with Crippen molar-refractivity contribution in [3.8, 4) is 0 Å². The summed E-state index contributed by atoms with van der Waals surface area (Å²) in [6.45, 7) is 1.73. The van der Waals surface area contributed by atoms with Crippen LogP contribution in [-0.4, -0.2) is 24.8 Å². The zero-order chi connectivity index (χ0) is 15.4. The van der Waals surface area contributed by atoms with E-state index < -0.39 is 28.2 Å². The van der Waals surface area contributed by atoms with Crippen LogP contribution in [0.4, 0.5) is 13.2 Å². The molecule has 8 heteroatoms. The van der Waals surface area contributed by atoms with Crippen molar-refractivity contribution in [2.75, 3.05) is 10.2 Å². The highest BCUT2D eigenvalue weighted by molar-refractivity contribution is 14.1. The number of benzene rings is 1. The quantitative estimate of drug-likeness (QED) is 0.398. The lowest BCUT2D eigenvalue weighted by Gasteiger charge is -2.20. The van der Waals surface area contributed by atoms with Gasteiger partial charge >= 0.3 is 6.18 Å². The van der Waals surface area contributed by atoms with E-state index >= 15 is 0 Å². The highest BCUT2D eigenvalue weighted by Gasteiger charge is 2.44.